The van der Waals surface area contributed by atoms with E-state index in [1.807, 2.05) is 49.4 Å². The maximum Gasteiger partial charge on any atom is 0.279 e. The van der Waals surface area contributed by atoms with E-state index in [0.29, 0.717) is 11.5 Å². The molecule has 26 heavy (non-hydrogen) atoms. The molecule has 2 N–H and O–H groups in total. The van der Waals surface area contributed by atoms with Crippen molar-refractivity contribution in [3.05, 3.63) is 59.7 Å². The van der Waals surface area contributed by atoms with Crippen molar-refractivity contribution >= 4 is 11.8 Å². The molecular weight excluding hydrogens is 332 g/mol. The van der Waals surface area contributed by atoms with Gasteiger partial charge >= 0.3 is 0 Å². The average Bonchev–Trinajstić information content (AvgIpc) is 2.66. The van der Waals surface area contributed by atoms with Crippen LogP contribution in [0, 0.1) is 6.92 Å². The van der Waals surface area contributed by atoms with Crippen LogP contribution in [0.3, 0.4) is 0 Å². The van der Waals surface area contributed by atoms with E-state index in [9.17, 15) is 9.59 Å². The van der Waals surface area contributed by atoms with Crippen LogP contribution in [0.1, 0.15) is 25.0 Å². The van der Waals surface area contributed by atoms with E-state index in [4.69, 9.17) is 9.47 Å². The lowest BCUT2D eigenvalue weighted by atomic mass is 10.2. The van der Waals surface area contributed by atoms with Gasteiger partial charge in [-0.15, -0.1) is 0 Å². The Morgan fingerprint density at radius 1 is 1.04 bits per heavy atom. The molecule has 0 fully saturated rings. The van der Waals surface area contributed by atoms with Gasteiger partial charge in [-0.2, -0.15) is 0 Å². The summed E-state index contributed by atoms with van der Waals surface area (Å²) in [5.74, 6) is 0.315. The van der Waals surface area contributed by atoms with Crippen molar-refractivity contribution in [1.29, 1.82) is 0 Å². The zero-order valence-electron chi connectivity index (χ0n) is 15.2. The molecule has 0 bridgehead atoms. The van der Waals surface area contributed by atoms with Gasteiger partial charge in [-0.3, -0.25) is 20.4 Å². The maximum absolute atomic E-state index is 12.0. The summed E-state index contributed by atoms with van der Waals surface area (Å²) in [6.45, 7) is 5.38. The van der Waals surface area contributed by atoms with Crippen LogP contribution < -0.4 is 20.3 Å². The summed E-state index contributed by atoms with van der Waals surface area (Å²) in [7, 11) is 0. The summed E-state index contributed by atoms with van der Waals surface area (Å²) in [6, 6.07) is 14.9. The fourth-order valence-electron chi connectivity index (χ4n) is 2.17. The van der Waals surface area contributed by atoms with Crippen molar-refractivity contribution in [2.24, 2.45) is 0 Å². The molecule has 2 aromatic rings. The second kappa shape index (κ2) is 9.46. The van der Waals surface area contributed by atoms with Crippen molar-refractivity contribution in [2.45, 2.75) is 33.3 Å². The summed E-state index contributed by atoms with van der Waals surface area (Å²) in [5, 5.41) is 0. The first-order valence-electron chi connectivity index (χ1n) is 8.52. The molecule has 0 saturated carbocycles. The van der Waals surface area contributed by atoms with Gasteiger partial charge in [-0.05, 0) is 49.6 Å². The van der Waals surface area contributed by atoms with Gasteiger partial charge in [0.15, 0.2) is 12.7 Å². The van der Waals surface area contributed by atoms with Gasteiger partial charge in [0.05, 0.1) is 0 Å². The van der Waals surface area contributed by atoms with Crippen molar-refractivity contribution in [3.63, 3.8) is 0 Å². The summed E-state index contributed by atoms with van der Waals surface area (Å²) in [5.41, 5.74) is 6.77. The van der Waals surface area contributed by atoms with Crippen LogP contribution >= 0.6 is 0 Å². The molecule has 1 atom stereocenters. The molecule has 2 rings (SSSR count). The molecule has 0 radical (unpaired) electrons. The number of aryl methyl sites for hydroxylation is 2. The van der Waals surface area contributed by atoms with Gasteiger partial charge in [0.25, 0.3) is 11.8 Å². The lowest BCUT2D eigenvalue weighted by molar-refractivity contribution is -0.133. The molecule has 0 heterocycles. The molecule has 0 aliphatic rings. The Balaban J connectivity index is 1.73. The van der Waals surface area contributed by atoms with E-state index in [0.717, 1.165) is 12.0 Å². The highest BCUT2D eigenvalue weighted by atomic mass is 16.5. The smallest absolute Gasteiger partial charge is 0.279 e. The number of nitrogens with one attached hydrogen (secondary N) is 2. The molecule has 0 aliphatic heterocycles. The predicted molar refractivity (Wildman–Crippen MR) is 98.9 cm³/mol. The topological polar surface area (TPSA) is 76.7 Å². The first-order chi connectivity index (χ1) is 12.5. The minimum Gasteiger partial charge on any atom is -0.484 e. The van der Waals surface area contributed by atoms with Crippen LogP contribution in [0.15, 0.2) is 48.5 Å². The van der Waals surface area contributed by atoms with Crippen LogP contribution in [0.2, 0.25) is 0 Å². The Kier molecular flexibility index (Phi) is 7.02. The van der Waals surface area contributed by atoms with Gasteiger partial charge in [-0.25, -0.2) is 0 Å². The third kappa shape index (κ3) is 5.81. The second-order valence-electron chi connectivity index (χ2n) is 5.85. The monoisotopic (exact) mass is 356 g/mol. The Morgan fingerprint density at radius 3 is 2.38 bits per heavy atom. The van der Waals surface area contributed by atoms with E-state index in [1.165, 1.54) is 5.56 Å². The summed E-state index contributed by atoms with van der Waals surface area (Å²) in [4.78, 5) is 23.8. The number of amides is 2. The fourth-order valence-corrected chi connectivity index (χ4v) is 2.17. The number of hydrogen-bond donors (Lipinski definition) is 2. The Morgan fingerprint density at radius 2 is 1.73 bits per heavy atom. The quantitative estimate of drug-likeness (QED) is 0.748. The molecular formula is C20H24N2O4. The molecule has 138 valence electrons. The standard InChI is InChI=1S/C20H24N2O4/c1-4-16-9-11-17(12-10-16)25-13-19(23)21-22-20(24)15(3)26-18-8-6-5-7-14(18)2/h5-12,15H,4,13H2,1-3H3,(H,21,23)(H,22,24). The highest BCUT2D eigenvalue weighted by molar-refractivity contribution is 5.85. The molecule has 0 spiro atoms. The lowest BCUT2D eigenvalue weighted by Gasteiger charge is -2.16. The van der Waals surface area contributed by atoms with Crippen molar-refractivity contribution in [3.8, 4) is 11.5 Å². The highest BCUT2D eigenvalue weighted by Crippen LogP contribution is 2.17. The molecule has 0 aromatic heterocycles. The van der Waals surface area contributed by atoms with Crippen molar-refractivity contribution in [1.82, 2.24) is 10.9 Å². The van der Waals surface area contributed by atoms with E-state index >= 15 is 0 Å². The van der Waals surface area contributed by atoms with Gasteiger partial charge in [0.1, 0.15) is 11.5 Å². The normalized spacial score (nSPS) is 11.3. The number of rotatable bonds is 7. The van der Waals surface area contributed by atoms with Gasteiger partial charge < -0.3 is 9.47 Å². The average molecular weight is 356 g/mol. The number of ether oxygens (including phenoxy) is 2. The van der Waals surface area contributed by atoms with Crippen LogP contribution in [0.4, 0.5) is 0 Å². The van der Waals surface area contributed by atoms with Crippen LogP contribution in [0.25, 0.3) is 0 Å². The van der Waals surface area contributed by atoms with Crippen LogP contribution in [-0.2, 0) is 16.0 Å². The van der Waals surface area contributed by atoms with Gasteiger partial charge in [-0.1, -0.05) is 37.3 Å². The number of carbonyl (C=O) groups is 2. The SMILES string of the molecule is CCc1ccc(OCC(=O)NNC(=O)C(C)Oc2ccccc2C)cc1. The number of para-hydroxylation sites is 1. The minimum absolute atomic E-state index is 0.196. The molecule has 1 unspecified atom stereocenters. The van der Waals surface area contributed by atoms with E-state index in [1.54, 1.807) is 13.0 Å². The summed E-state index contributed by atoms with van der Waals surface area (Å²) in [6.07, 6.45) is 0.189. The molecule has 0 saturated heterocycles. The fraction of sp³-hybridized carbons (Fsp3) is 0.300. The third-order valence-electron chi connectivity index (χ3n) is 3.79. The molecule has 2 amide bonds. The van der Waals surface area contributed by atoms with Crippen LogP contribution in [0.5, 0.6) is 11.5 Å². The Bertz CT molecular complexity index is 744. The predicted octanol–water partition coefficient (Wildman–Crippen LogP) is 2.55. The zero-order valence-corrected chi connectivity index (χ0v) is 15.2. The minimum atomic E-state index is -0.751. The van der Waals surface area contributed by atoms with Gasteiger partial charge in [0, 0.05) is 0 Å². The highest BCUT2D eigenvalue weighted by Gasteiger charge is 2.16. The first kappa shape index (κ1) is 19.3. The van der Waals surface area contributed by atoms with Crippen LogP contribution in [-0.4, -0.2) is 24.5 Å². The molecule has 6 heteroatoms. The number of hydrazine groups is 1. The lowest BCUT2D eigenvalue weighted by Crippen LogP contribution is -2.48. The molecule has 6 nitrogen and oxygen atoms in total. The molecule has 2 aromatic carbocycles. The zero-order chi connectivity index (χ0) is 18.9. The Labute approximate surface area is 153 Å². The van der Waals surface area contributed by atoms with E-state index < -0.39 is 17.9 Å². The van der Waals surface area contributed by atoms with Crippen molar-refractivity contribution < 1.29 is 19.1 Å². The number of hydrogen-bond acceptors (Lipinski definition) is 4. The Hall–Kier alpha value is -3.02. The van der Waals surface area contributed by atoms with E-state index in [-0.39, 0.29) is 6.61 Å². The van der Waals surface area contributed by atoms with Crippen molar-refractivity contribution in [2.75, 3.05) is 6.61 Å². The maximum atomic E-state index is 12.0. The summed E-state index contributed by atoms with van der Waals surface area (Å²) < 4.78 is 11.0. The summed E-state index contributed by atoms with van der Waals surface area (Å²) >= 11 is 0. The number of benzene rings is 2. The van der Waals surface area contributed by atoms with Gasteiger partial charge in [0.2, 0.25) is 0 Å². The number of carbonyl (C=O) groups excluding carboxylic acids is 2. The molecule has 0 aliphatic carbocycles. The van der Waals surface area contributed by atoms with E-state index in [2.05, 4.69) is 17.8 Å². The largest absolute Gasteiger partial charge is 0.484 e. The third-order valence-corrected chi connectivity index (χ3v) is 3.79. The second-order valence-corrected chi connectivity index (χ2v) is 5.85. The first-order valence-corrected chi connectivity index (χ1v) is 8.52.